The Kier molecular flexibility index (Phi) is 2.96. The van der Waals surface area contributed by atoms with Gasteiger partial charge in [-0.15, -0.1) is 0 Å². The maximum absolute atomic E-state index is 10.8. The number of hydrogen-bond donors (Lipinski definition) is 2. The Bertz CT molecular complexity index is 534. The van der Waals surface area contributed by atoms with E-state index in [1.165, 1.54) is 18.2 Å². The van der Waals surface area contributed by atoms with Crippen LogP contribution >= 0.6 is 0 Å². The lowest BCUT2D eigenvalue weighted by atomic mass is 10.2. The number of carbonyl (C=O) groups is 1. The Morgan fingerprint density at radius 1 is 1.00 bits per heavy atom. The normalized spacial score (nSPS) is 9.88. The molecule has 0 amide bonds. The number of ether oxygens (including phenoxy) is 1. The van der Waals surface area contributed by atoms with E-state index in [2.05, 4.69) is 0 Å². The van der Waals surface area contributed by atoms with E-state index in [1.807, 2.05) is 18.2 Å². The highest BCUT2D eigenvalue weighted by Gasteiger charge is 2.10. The van der Waals surface area contributed by atoms with Crippen LogP contribution < -0.4 is 4.74 Å². The Morgan fingerprint density at radius 2 is 1.71 bits per heavy atom. The standard InChI is InChI=1S/C13H10O4/c14-12-7-6-10(8-11(12)13(15)16)17-9-4-2-1-3-5-9/h1-8,14H,(H,15,16). The monoisotopic (exact) mass is 230 g/mol. The molecule has 0 saturated heterocycles. The summed E-state index contributed by atoms with van der Waals surface area (Å²) in [5.74, 6) is -0.500. The first-order valence-corrected chi connectivity index (χ1v) is 4.96. The van der Waals surface area contributed by atoms with Crippen LogP contribution in [0.25, 0.3) is 0 Å². The summed E-state index contributed by atoms with van der Waals surface area (Å²) >= 11 is 0. The number of phenols is 1. The average Bonchev–Trinajstić information content (AvgIpc) is 2.32. The highest BCUT2D eigenvalue weighted by atomic mass is 16.5. The molecular formula is C13H10O4. The van der Waals surface area contributed by atoms with E-state index in [0.717, 1.165) is 0 Å². The second-order valence-electron chi connectivity index (χ2n) is 3.40. The topological polar surface area (TPSA) is 66.8 Å². The molecule has 0 unspecified atom stereocenters. The number of aromatic hydroxyl groups is 1. The quantitative estimate of drug-likeness (QED) is 0.850. The molecule has 0 radical (unpaired) electrons. The van der Waals surface area contributed by atoms with E-state index in [4.69, 9.17) is 9.84 Å². The summed E-state index contributed by atoms with van der Waals surface area (Å²) in [5.41, 5.74) is -0.182. The Hall–Kier alpha value is -2.49. The van der Waals surface area contributed by atoms with Crippen molar-refractivity contribution in [3.8, 4) is 17.2 Å². The lowest BCUT2D eigenvalue weighted by Crippen LogP contribution is -1.97. The summed E-state index contributed by atoms with van der Waals surface area (Å²) in [6.45, 7) is 0. The van der Waals surface area contributed by atoms with Crippen molar-refractivity contribution in [2.45, 2.75) is 0 Å². The number of rotatable bonds is 3. The highest BCUT2D eigenvalue weighted by Crippen LogP contribution is 2.26. The molecule has 4 heteroatoms. The molecule has 0 aliphatic rings. The molecule has 0 spiro atoms. The molecule has 0 aromatic heterocycles. The number of carboxylic acids is 1. The maximum atomic E-state index is 10.8. The molecule has 0 heterocycles. The number of para-hydroxylation sites is 1. The van der Waals surface area contributed by atoms with Crippen LogP contribution in [0.1, 0.15) is 10.4 Å². The molecule has 86 valence electrons. The molecule has 0 aliphatic heterocycles. The number of aromatic carboxylic acids is 1. The van der Waals surface area contributed by atoms with Crippen LogP contribution in [0.15, 0.2) is 48.5 Å². The van der Waals surface area contributed by atoms with Gasteiger partial charge in [-0.05, 0) is 30.3 Å². The molecule has 2 aromatic carbocycles. The van der Waals surface area contributed by atoms with Crippen molar-refractivity contribution in [1.82, 2.24) is 0 Å². The minimum Gasteiger partial charge on any atom is -0.507 e. The molecule has 2 N–H and O–H groups in total. The third-order valence-corrected chi connectivity index (χ3v) is 2.18. The molecule has 4 nitrogen and oxygen atoms in total. The van der Waals surface area contributed by atoms with Gasteiger partial charge >= 0.3 is 5.97 Å². The fourth-order valence-electron chi connectivity index (χ4n) is 1.37. The van der Waals surface area contributed by atoms with Crippen molar-refractivity contribution in [2.24, 2.45) is 0 Å². The maximum Gasteiger partial charge on any atom is 0.339 e. The van der Waals surface area contributed by atoms with Gasteiger partial charge in [-0.3, -0.25) is 0 Å². The smallest absolute Gasteiger partial charge is 0.339 e. The third kappa shape index (κ3) is 2.55. The summed E-state index contributed by atoms with van der Waals surface area (Å²) in [4.78, 5) is 10.8. The van der Waals surface area contributed by atoms with Crippen molar-refractivity contribution in [3.63, 3.8) is 0 Å². The SMILES string of the molecule is O=C(O)c1cc(Oc2ccccc2)ccc1O. The Labute approximate surface area is 97.7 Å². The van der Waals surface area contributed by atoms with Gasteiger partial charge in [-0.2, -0.15) is 0 Å². The summed E-state index contributed by atoms with van der Waals surface area (Å²) in [5, 5.41) is 18.2. The van der Waals surface area contributed by atoms with E-state index in [-0.39, 0.29) is 11.3 Å². The summed E-state index contributed by atoms with van der Waals surface area (Å²) in [7, 11) is 0. The van der Waals surface area contributed by atoms with Gasteiger partial charge in [0.05, 0.1) is 0 Å². The largest absolute Gasteiger partial charge is 0.507 e. The van der Waals surface area contributed by atoms with Crippen LogP contribution in [0.5, 0.6) is 17.2 Å². The first kappa shape index (κ1) is 11.0. The molecule has 17 heavy (non-hydrogen) atoms. The summed E-state index contributed by atoms with van der Waals surface area (Å²) in [6.07, 6.45) is 0. The molecular weight excluding hydrogens is 220 g/mol. The second-order valence-corrected chi connectivity index (χ2v) is 3.40. The van der Waals surface area contributed by atoms with Crippen molar-refractivity contribution in [3.05, 3.63) is 54.1 Å². The molecule has 0 saturated carbocycles. The van der Waals surface area contributed by atoms with Crippen LogP contribution in [0, 0.1) is 0 Å². The van der Waals surface area contributed by atoms with E-state index in [1.54, 1.807) is 12.1 Å². The van der Waals surface area contributed by atoms with Crippen LogP contribution in [-0.4, -0.2) is 16.2 Å². The molecule has 0 bridgehead atoms. The van der Waals surface area contributed by atoms with E-state index < -0.39 is 5.97 Å². The summed E-state index contributed by atoms with van der Waals surface area (Å²) in [6, 6.07) is 13.1. The van der Waals surface area contributed by atoms with Gasteiger partial charge in [-0.1, -0.05) is 18.2 Å². The molecule has 0 fully saturated rings. The number of benzene rings is 2. The molecule has 0 atom stereocenters. The van der Waals surface area contributed by atoms with E-state index in [0.29, 0.717) is 11.5 Å². The minimum atomic E-state index is -1.19. The third-order valence-electron chi connectivity index (χ3n) is 2.18. The zero-order chi connectivity index (χ0) is 12.3. The van der Waals surface area contributed by atoms with Gasteiger partial charge in [0.25, 0.3) is 0 Å². The molecule has 2 rings (SSSR count). The van der Waals surface area contributed by atoms with Crippen molar-refractivity contribution in [1.29, 1.82) is 0 Å². The number of hydrogen-bond acceptors (Lipinski definition) is 3. The summed E-state index contributed by atoms with van der Waals surface area (Å²) < 4.78 is 5.45. The van der Waals surface area contributed by atoms with Crippen LogP contribution in [0.4, 0.5) is 0 Å². The van der Waals surface area contributed by atoms with Gasteiger partial charge in [0.15, 0.2) is 0 Å². The average molecular weight is 230 g/mol. The van der Waals surface area contributed by atoms with Crippen LogP contribution in [-0.2, 0) is 0 Å². The lowest BCUT2D eigenvalue weighted by molar-refractivity contribution is 0.0693. The van der Waals surface area contributed by atoms with Gasteiger partial charge in [-0.25, -0.2) is 4.79 Å². The van der Waals surface area contributed by atoms with E-state index in [9.17, 15) is 9.90 Å². The molecule has 2 aromatic rings. The zero-order valence-corrected chi connectivity index (χ0v) is 8.83. The van der Waals surface area contributed by atoms with Crippen LogP contribution in [0.2, 0.25) is 0 Å². The highest BCUT2D eigenvalue weighted by molar-refractivity contribution is 5.91. The molecule has 0 aliphatic carbocycles. The fourth-order valence-corrected chi connectivity index (χ4v) is 1.37. The van der Waals surface area contributed by atoms with Gasteiger partial charge in [0.1, 0.15) is 22.8 Å². The predicted octanol–water partition coefficient (Wildman–Crippen LogP) is 2.88. The minimum absolute atomic E-state index is 0.182. The van der Waals surface area contributed by atoms with Crippen molar-refractivity contribution < 1.29 is 19.7 Å². The first-order chi connectivity index (χ1) is 8.16. The number of carboxylic acid groups (broad SMARTS) is 1. The van der Waals surface area contributed by atoms with E-state index >= 15 is 0 Å². The van der Waals surface area contributed by atoms with Crippen molar-refractivity contribution in [2.75, 3.05) is 0 Å². The van der Waals surface area contributed by atoms with Crippen LogP contribution in [0.3, 0.4) is 0 Å². The first-order valence-electron chi connectivity index (χ1n) is 4.96. The van der Waals surface area contributed by atoms with Gasteiger partial charge in [0, 0.05) is 0 Å². The zero-order valence-electron chi connectivity index (χ0n) is 8.83. The van der Waals surface area contributed by atoms with Crippen molar-refractivity contribution >= 4 is 5.97 Å². The second kappa shape index (κ2) is 4.57. The Balaban J connectivity index is 2.29. The predicted molar refractivity (Wildman–Crippen MR) is 61.6 cm³/mol. The lowest BCUT2D eigenvalue weighted by Gasteiger charge is -2.07. The van der Waals surface area contributed by atoms with Gasteiger partial charge < -0.3 is 14.9 Å². The fraction of sp³-hybridized carbons (Fsp3) is 0. The Morgan fingerprint density at radius 3 is 2.35 bits per heavy atom. The van der Waals surface area contributed by atoms with Gasteiger partial charge in [0.2, 0.25) is 0 Å².